The number of para-hydroxylation sites is 1. The van der Waals surface area contributed by atoms with E-state index in [9.17, 15) is 8.42 Å². The van der Waals surface area contributed by atoms with Gasteiger partial charge < -0.3 is 4.98 Å². The van der Waals surface area contributed by atoms with E-state index >= 15 is 0 Å². The summed E-state index contributed by atoms with van der Waals surface area (Å²) in [5.41, 5.74) is 1.14. The van der Waals surface area contributed by atoms with E-state index in [1.165, 1.54) is 4.70 Å². The highest BCUT2D eigenvalue weighted by molar-refractivity contribution is 7.85. The largest absolute Gasteiger partial charge is 0.337 e. The van der Waals surface area contributed by atoms with Crippen LogP contribution >= 0.6 is 23.6 Å². The maximum atomic E-state index is 9.79. The van der Waals surface area contributed by atoms with Crippen LogP contribution in [0.3, 0.4) is 0 Å². The van der Waals surface area contributed by atoms with Crippen molar-refractivity contribution in [3.63, 3.8) is 0 Å². The summed E-state index contributed by atoms with van der Waals surface area (Å²) in [4.78, 5) is 3.09. The molecule has 0 saturated heterocycles. The van der Waals surface area contributed by atoms with E-state index in [2.05, 4.69) is 11.1 Å². The van der Waals surface area contributed by atoms with Gasteiger partial charge in [-0.25, -0.2) is 0 Å². The summed E-state index contributed by atoms with van der Waals surface area (Å²) in [6, 6.07) is 8.11. The van der Waals surface area contributed by atoms with Gasteiger partial charge in [0.05, 0.1) is 16.0 Å². The monoisotopic (exact) mass is 291 g/mol. The van der Waals surface area contributed by atoms with Crippen LogP contribution in [0.5, 0.6) is 0 Å². The predicted molar refractivity (Wildman–Crippen MR) is 73.7 cm³/mol. The summed E-state index contributed by atoms with van der Waals surface area (Å²) in [5.74, 6) is -0.132. The molecule has 0 spiro atoms. The molecule has 0 unspecified atom stereocenters. The first-order valence-electron chi connectivity index (χ1n) is 4.95. The summed E-state index contributed by atoms with van der Waals surface area (Å²) in [5, 5.41) is 0. The minimum absolute atomic E-state index is 0.132. The molecule has 0 aliphatic carbocycles. The fraction of sp³-hybridized carbons (Fsp3) is 0.300. The molecule has 2 N–H and O–H groups in total. The SMILES string of the molecule is CCCS(=O)(=O)O.S=c1[nH]c2ccccc2s1. The number of rotatable bonds is 2. The number of hydrogen-bond acceptors (Lipinski definition) is 4. The van der Waals surface area contributed by atoms with E-state index in [1.807, 2.05) is 18.2 Å². The van der Waals surface area contributed by atoms with Crippen LogP contribution in [0.1, 0.15) is 13.3 Å². The Kier molecular flexibility index (Phi) is 5.26. The summed E-state index contributed by atoms with van der Waals surface area (Å²) < 4.78 is 29.6. The Bertz CT molecular complexity index is 591. The van der Waals surface area contributed by atoms with Crippen molar-refractivity contribution in [2.45, 2.75) is 13.3 Å². The molecule has 1 aromatic carbocycles. The van der Waals surface area contributed by atoms with Gasteiger partial charge in [0.2, 0.25) is 0 Å². The predicted octanol–water partition coefficient (Wildman–Crippen LogP) is 3.24. The Morgan fingerprint density at radius 2 is 2.06 bits per heavy atom. The highest BCUT2D eigenvalue weighted by atomic mass is 32.2. The number of hydrogen-bond donors (Lipinski definition) is 2. The zero-order chi connectivity index (χ0) is 12.9. The summed E-state index contributed by atoms with van der Waals surface area (Å²) in [7, 11) is -3.67. The van der Waals surface area contributed by atoms with Crippen molar-refractivity contribution in [3.8, 4) is 0 Å². The molecule has 7 heteroatoms. The highest BCUT2D eigenvalue weighted by Crippen LogP contribution is 2.17. The summed E-state index contributed by atoms with van der Waals surface area (Å²) in [6.07, 6.45) is 0.471. The normalized spacial score (nSPS) is 10.9. The number of nitrogens with one attached hydrogen (secondary N) is 1. The molecule has 2 aromatic rings. The Balaban J connectivity index is 0.000000185. The average molecular weight is 291 g/mol. The molecule has 0 saturated carbocycles. The molecule has 0 aliphatic heterocycles. The van der Waals surface area contributed by atoms with Gasteiger partial charge in [0, 0.05) is 0 Å². The maximum absolute atomic E-state index is 9.79. The molecule has 0 amide bonds. The van der Waals surface area contributed by atoms with Crippen molar-refractivity contribution in [1.29, 1.82) is 0 Å². The van der Waals surface area contributed by atoms with Crippen molar-refractivity contribution in [2.24, 2.45) is 0 Å². The summed E-state index contributed by atoms with van der Waals surface area (Å²) in [6.45, 7) is 1.69. The van der Waals surface area contributed by atoms with Crippen LogP contribution in [0.15, 0.2) is 24.3 Å². The van der Waals surface area contributed by atoms with Gasteiger partial charge in [-0.3, -0.25) is 4.55 Å². The minimum Gasteiger partial charge on any atom is -0.337 e. The van der Waals surface area contributed by atoms with Gasteiger partial charge in [-0.15, -0.1) is 11.3 Å². The van der Waals surface area contributed by atoms with Crippen molar-refractivity contribution in [1.82, 2.24) is 4.98 Å². The van der Waals surface area contributed by atoms with Crippen LogP contribution < -0.4 is 0 Å². The first kappa shape index (κ1) is 14.3. The molecule has 2 rings (SSSR count). The smallest absolute Gasteiger partial charge is 0.264 e. The first-order valence-corrected chi connectivity index (χ1v) is 7.79. The van der Waals surface area contributed by atoms with E-state index < -0.39 is 10.1 Å². The zero-order valence-electron chi connectivity index (χ0n) is 9.21. The summed E-state index contributed by atoms with van der Waals surface area (Å²) >= 11 is 6.59. The fourth-order valence-electron chi connectivity index (χ4n) is 1.15. The van der Waals surface area contributed by atoms with Gasteiger partial charge in [0.25, 0.3) is 10.1 Å². The third-order valence-corrected chi connectivity index (χ3v) is 3.93. The lowest BCUT2D eigenvalue weighted by atomic mass is 10.3. The number of aromatic nitrogens is 1. The number of aromatic amines is 1. The third-order valence-electron chi connectivity index (χ3n) is 1.79. The van der Waals surface area contributed by atoms with Crippen molar-refractivity contribution < 1.29 is 13.0 Å². The van der Waals surface area contributed by atoms with Crippen LogP contribution in [0, 0.1) is 3.95 Å². The lowest BCUT2D eigenvalue weighted by Gasteiger charge is -1.85. The van der Waals surface area contributed by atoms with E-state index in [0.717, 1.165) is 9.47 Å². The van der Waals surface area contributed by atoms with Crippen molar-refractivity contribution in [3.05, 3.63) is 28.2 Å². The lowest BCUT2D eigenvalue weighted by molar-refractivity contribution is 0.482. The molecule has 0 bridgehead atoms. The third kappa shape index (κ3) is 5.40. The molecule has 4 nitrogen and oxygen atoms in total. The van der Waals surface area contributed by atoms with E-state index in [0.29, 0.717) is 6.42 Å². The van der Waals surface area contributed by atoms with E-state index in [-0.39, 0.29) is 5.75 Å². The van der Waals surface area contributed by atoms with Crippen LogP contribution in [0.25, 0.3) is 10.2 Å². The Morgan fingerprint density at radius 3 is 2.53 bits per heavy atom. The Morgan fingerprint density at radius 1 is 1.41 bits per heavy atom. The molecule has 0 radical (unpaired) electrons. The fourth-order valence-corrected chi connectivity index (χ4v) is 2.78. The van der Waals surface area contributed by atoms with E-state index in [1.54, 1.807) is 18.3 Å². The molecule has 1 aromatic heterocycles. The molecular weight excluding hydrogens is 278 g/mol. The molecule has 0 fully saturated rings. The van der Waals surface area contributed by atoms with Gasteiger partial charge in [0.1, 0.15) is 0 Å². The second-order valence-corrected chi connectivity index (χ2v) is 6.59. The quantitative estimate of drug-likeness (QED) is 0.658. The topological polar surface area (TPSA) is 70.2 Å². The molecule has 0 aliphatic rings. The van der Waals surface area contributed by atoms with Gasteiger partial charge in [-0.05, 0) is 30.8 Å². The van der Waals surface area contributed by atoms with Gasteiger partial charge >= 0.3 is 0 Å². The lowest BCUT2D eigenvalue weighted by Crippen LogP contribution is -2.01. The van der Waals surface area contributed by atoms with Gasteiger partial charge in [0.15, 0.2) is 3.95 Å². The van der Waals surface area contributed by atoms with Crippen LogP contribution in [-0.2, 0) is 10.1 Å². The minimum atomic E-state index is -3.67. The molecule has 1 heterocycles. The second-order valence-electron chi connectivity index (χ2n) is 3.30. The standard InChI is InChI=1S/C7H5NS2.C3H8O3S/c9-7-8-5-3-1-2-4-6(5)10-7;1-2-3-7(4,5)6/h1-4H,(H,8,9);2-3H2,1H3,(H,4,5,6). The highest BCUT2D eigenvalue weighted by Gasteiger charge is 1.98. The number of H-pyrrole nitrogens is 1. The second kappa shape index (κ2) is 6.25. The van der Waals surface area contributed by atoms with Gasteiger partial charge in [-0.1, -0.05) is 19.1 Å². The van der Waals surface area contributed by atoms with Crippen molar-refractivity contribution in [2.75, 3.05) is 5.75 Å². The Labute approximate surface area is 109 Å². The molecule has 94 valence electrons. The van der Waals surface area contributed by atoms with Crippen LogP contribution in [-0.4, -0.2) is 23.7 Å². The average Bonchev–Trinajstić information content (AvgIpc) is 2.56. The maximum Gasteiger partial charge on any atom is 0.264 e. The molecule has 0 atom stereocenters. The van der Waals surface area contributed by atoms with Crippen LogP contribution in [0.4, 0.5) is 0 Å². The zero-order valence-corrected chi connectivity index (χ0v) is 11.7. The number of benzene rings is 1. The van der Waals surface area contributed by atoms with Crippen LogP contribution in [0.2, 0.25) is 0 Å². The van der Waals surface area contributed by atoms with Gasteiger partial charge in [-0.2, -0.15) is 8.42 Å². The van der Waals surface area contributed by atoms with Crippen molar-refractivity contribution >= 4 is 43.9 Å². The number of thiazole rings is 1. The molecular formula is C10H13NO3S3. The first-order chi connectivity index (χ1) is 7.92. The molecule has 17 heavy (non-hydrogen) atoms. The Hall–Kier alpha value is -0.760. The van der Waals surface area contributed by atoms with E-state index in [4.69, 9.17) is 16.8 Å². The number of fused-ring (bicyclic) bond motifs is 1.